The van der Waals surface area contributed by atoms with Gasteiger partial charge >= 0.3 is 11.8 Å². The molecule has 0 saturated heterocycles. The average molecular weight is 352 g/mol. The van der Waals surface area contributed by atoms with Crippen LogP contribution in [0.5, 0.6) is 0 Å². The SMILES string of the molecule is CC(=O)c1cccc(NC(=O)C(=O)N[C@H](CC(C)C)c2ccccc2)c1. The van der Waals surface area contributed by atoms with E-state index in [0.29, 0.717) is 17.2 Å². The van der Waals surface area contributed by atoms with Crippen LogP contribution in [0.1, 0.15) is 49.2 Å². The molecule has 0 aliphatic heterocycles. The van der Waals surface area contributed by atoms with Gasteiger partial charge in [0.25, 0.3) is 0 Å². The van der Waals surface area contributed by atoms with Gasteiger partial charge in [0.05, 0.1) is 6.04 Å². The van der Waals surface area contributed by atoms with Gasteiger partial charge in [0, 0.05) is 11.3 Å². The van der Waals surface area contributed by atoms with E-state index in [1.807, 2.05) is 30.3 Å². The lowest BCUT2D eigenvalue weighted by Crippen LogP contribution is -2.38. The van der Waals surface area contributed by atoms with Gasteiger partial charge in [-0.3, -0.25) is 14.4 Å². The number of ketones is 1. The second kappa shape index (κ2) is 8.94. The molecular weight excluding hydrogens is 328 g/mol. The summed E-state index contributed by atoms with van der Waals surface area (Å²) in [7, 11) is 0. The number of carbonyl (C=O) groups is 3. The van der Waals surface area contributed by atoms with Crippen LogP contribution < -0.4 is 10.6 Å². The molecule has 1 atom stereocenters. The summed E-state index contributed by atoms with van der Waals surface area (Å²) in [5.74, 6) is -1.20. The Morgan fingerprint density at radius 1 is 0.923 bits per heavy atom. The minimum Gasteiger partial charge on any atom is -0.341 e. The van der Waals surface area contributed by atoms with Gasteiger partial charge in [0.1, 0.15) is 0 Å². The van der Waals surface area contributed by atoms with Crippen molar-refractivity contribution in [2.24, 2.45) is 5.92 Å². The molecule has 26 heavy (non-hydrogen) atoms. The predicted octanol–water partition coefficient (Wildman–Crippen LogP) is 3.73. The first-order chi connectivity index (χ1) is 12.4. The lowest BCUT2D eigenvalue weighted by Gasteiger charge is -2.21. The highest BCUT2D eigenvalue weighted by Gasteiger charge is 2.21. The summed E-state index contributed by atoms with van der Waals surface area (Å²) in [6.45, 7) is 5.58. The van der Waals surface area contributed by atoms with Crippen molar-refractivity contribution in [1.82, 2.24) is 5.32 Å². The number of nitrogens with one attached hydrogen (secondary N) is 2. The van der Waals surface area contributed by atoms with Crippen LogP contribution in [0.15, 0.2) is 54.6 Å². The van der Waals surface area contributed by atoms with E-state index in [-0.39, 0.29) is 11.8 Å². The van der Waals surface area contributed by atoms with Gasteiger partial charge in [-0.05, 0) is 37.0 Å². The summed E-state index contributed by atoms with van der Waals surface area (Å²) < 4.78 is 0. The third kappa shape index (κ3) is 5.55. The minimum absolute atomic E-state index is 0.105. The maximum absolute atomic E-state index is 12.3. The first-order valence-electron chi connectivity index (χ1n) is 8.64. The molecule has 0 aliphatic carbocycles. The first-order valence-corrected chi connectivity index (χ1v) is 8.64. The van der Waals surface area contributed by atoms with Crippen LogP contribution in [0, 0.1) is 5.92 Å². The van der Waals surface area contributed by atoms with E-state index < -0.39 is 11.8 Å². The van der Waals surface area contributed by atoms with Gasteiger partial charge in [0.15, 0.2) is 5.78 Å². The molecule has 2 N–H and O–H groups in total. The highest BCUT2D eigenvalue weighted by atomic mass is 16.2. The second-order valence-corrected chi connectivity index (χ2v) is 6.66. The maximum Gasteiger partial charge on any atom is 0.313 e. The maximum atomic E-state index is 12.3. The van der Waals surface area contributed by atoms with Gasteiger partial charge in [-0.2, -0.15) is 0 Å². The standard InChI is InChI=1S/C21H24N2O3/c1-14(2)12-19(16-8-5-4-6-9-16)23-21(26)20(25)22-18-11-7-10-17(13-18)15(3)24/h4-11,13-14,19H,12H2,1-3H3,(H,22,25)(H,23,26)/t19-/m1/s1. The molecule has 0 spiro atoms. The monoisotopic (exact) mass is 352 g/mol. The summed E-state index contributed by atoms with van der Waals surface area (Å²) in [6.07, 6.45) is 0.725. The van der Waals surface area contributed by atoms with Gasteiger partial charge in [0.2, 0.25) is 0 Å². The number of benzene rings is 2. The molecule has 0 saturated carbocycles. The summed E-state index contributed by atoms with van der Waals surface area (Å²) in [5, 5.41) is 5.35. The van der Waals surface area contributed by atoms with Gasteiger partial charge in [-0.15, -0.1) is 0 Å². The zero-order valence-corrected chi connectivity index (χ0v) is 15.3. The smallest absolute Gasteiger partial charge is 0.313 e. The Morgan fingerprint density at radius 2 is 1.62 bits per heavy atom. The summed E-state index contributed by atoms with van der Waals surface area (Å²) in [4.78, 5) is 36.0. The predicted molar refractivity (Wildman–Crippen MR) is 102 cm³/mol. The third-order valence-corrected chi connectivity index (χ3v) is 3.95. The van der Waals surface area contributed by atoms with Crippen LogP contribution >= 0.6 is 0 Å². The molecule has 136 valence electrons. The molecule has 0 unspecified atom stereocenters. The molecule has 2 rings (SSSR count). The number of anilines is 1. The van der Waals surface area contributed by atoms with E-state index in [1.54, 1.807) is 24.3 Å². The van der Waals surface area contributed by atoms with E-state index in [0.717, 1.165) is 12.0 Å². The van der Waals surface area contributed by atoms with Crippen LogP contribution in [-0.4, -0.2) is 17.6 Å². The van der Waals surface area contributed by atoms with E-state index in [4.69, 9.17) is 0 Å². The number of hydrogen-bond acceptors (Lipinski definition) is 3. The van der Waals surface area contributed by atoms with Crippen LogP contribution in [0.25, 0.3) is 0 Å². The summed E-state index contributed by atoms with van der Waals surface area (Å²) in [6, 6.07) is 15.9. The zero-order valence-electron chi connectivity index (χ0n) is 15.3. The number of amides is 2. The van der Waals surface area contributed by atoms with Gasteiger partial charge < -0.3 is 10.6 Å². The van der Waals surface area contributed by atoms with Crippen molar-refractivity contribution < 1.29 is 14.4 Å². The van der Waals surface area contributed by atoms with E-state index >= 15 is 0 Å². The van der Waals surface area contributed by atoms with Crippen molar-refractivity contribution in [3.05, 3.63) is 65.7 Å². The normalized spacial score (nSPS) is 11.7. The summed E-state index contributed by atoms with van der Waals surface area (Å²) in [5.41, 5.74) is 1.85. The molecule has 5 heteroatoms. The molecule has 0 heterocycles. The Balaban J connectivity index is 2.07. The van der Waals surface area contributed by atoms with Crippen LogP contribution in [0.2, 0.25) is 0 Å². The highest BCUT2D eigenvalue weighted by molar-refractivity contribution is 6.39. The molecule has 0 bridgehead atoms. The molecule has 0 fully saturated rings. The lowest BCUT2D eigenvalue weighted by molar-refractivity contribution is -0.136. The number of hydrogen-bond donors (Lipinski definition) is 2. The molecule has 2 amide bonds. The molecule has 2 aromatic carbocycles. The highest BCUT2D eigenvalue weighted by Crippen LogP contribution is 2.21. The largest absolute Gasteiger partial charge is 0.341 e. The average Bonchev–Trinajstić information content (AvgIpc) is 2.61. The molecule has 0 aromatic heterocycles. The number of Topliss-reactive ketones (excluding diaryl/α,β-unsaturated/α-hetero) is 1. The van der Waals surface area contributed by atoms with Crippen LogP contribution in [-0.2, 0) is 9.59 Å². The molecule has 0 aliphatic rings. The first kappa shape index (κ1) is 19.4. The molecular formula is C21H24N2O3. The number of rotatable bonds is 6. The van der Waals surface area contributed by atoms with Crippen molar-refractivity contribution in [3.8, 4) is 0 Å². The molecule has 2 aromatic rings. The Labute approximate surface area is 153 Å². The molecule has 5 nitrogen and oxygen atoms in total. The Hall–Kier alpha value is -2.95. The van der Waals surface area contributed by atoms with Crippen molar-refractivity contribution in [3.63, 3.8) is 0 Å². The molecule has 0 radical (unpaired) electrons. The van der Waals surface area contributed by atoms with E-state index in [2.05, 4.69) is 24.5 Å². The topological polar surface area (TPSA) is 75.3 Å². The van der Waals surface area contributed by atoms with Crippen LogP contribution in [0.4, 0.5) is 5.69 Å². The fraction of sp³-hybridized carbons (Fsp3) is 0.286. The van der Waals surface area contributed by atoms with Crippen molar-refractivity contribution in [1.29, 1.82) is 0 Å². The Bertz CT molecular complexity index is 785. The Kier molecular flexibility index (Phi) is 6.67. The van der Waals surface area contributed by atoms with Crippen molar-refractivity contribution in [2.75, 3.05) is 5.32 Å². The van der Waals surface area contributed by atoms with Gasteiger partial charge in [-0.1, -0.05) is 56.3 Å². The summed E-state index contributed by atoms with van der Waals surface area (Å²) >= 11 is 0. The zero-order chi connectivity index (χ0) is 19.1. The minimum atomic E-state index is -0.754. The Morgan fingerprint density at radius 3 is 2.23 bits per heavy atom. The van der Waals surface area contributed by atoms with E-state index in [9.17, 15) is 14.4 Å². The fourth-order valence-electron chi connectivity index (χ4n) is 2.66. The van der Waals surface area contributed by atoms with E-state index in [1.165, 1.54) is 6.92 Å². The quantitative estimate of drug-likeness (QED) is 0.614. The van der Waals surface area contributed by atoms with Crippen molar-refractivity contribution >= 4 is 23.3 Å². The van der Waals surface area contributed by atoms with Crippen molar-refractivity contribution in [2.45, 2.75) is 33.2 Å². The van der Waals surface area contributed by atoms with Crippen LogP contribution in [0.3, 0.4) is 0 Å². The number of carbonyl (C=O) groups excluding carboxylic acids is 3. The lowest BCUT2D eigenvalue weighted by atomic mass is 9.97. The third-order valence-electron chi connectivity index (χ3n) is 3.95. The second-order valence-electron chi connectivity index (χ2n) is 6.66. The van der Waals surface area contributed by atoms with Gasteiger partial charge in [-0.25, -0.2) is 0 Å². The fourth-order valence-corrected chi connectivity index (χ4v) is 2.66.